The Bertz CT molecular complexity index is 472. The van der Waals surface area contributed by atoms with Crippen LogP contribution >= 0.6 is 0 Å². The van der Waals surface area contributed by atoms with Crippen molar-refractivity contribution < 1.29 is 14.3 Å². The Morgan fingerprint density at radius 2 is 2.05 bits per heavy atom. The molecule has 0 saturated carbocycles. The molecule has 1 heterocycles. The third-order valence-corrected chi connectivity index (χ3v) is 3.70. The Labute approximate surface area is 129 Å². The Kier molecular flexibility index (Phi) is 6.68. The average molecular weight is 311 g/mol. The molecule has 0 saturated heterocycles. The smallest absolute Gasteiger partial charge is 0.306 e. The molecule has 1 N–H and O–H groups in total. The summed E-state index contributed by atoms with van der Waals surface area (Å²) in [7, 11) is 0. The largest absolute Gasteiger partial charge is 0.460 e. The number of esters is 1. The Balaban J connectivity index is 2.29. The minimum atomic E-state index is -0.503. The Morgan fingerprint density at radius 1 is 1.33 bits per heavy atom. The van der Waals surface area contributed by atoms with Crippen LogP contribution in [0.3, 0.4) is 0 Å². The van der Waals surface area contributed by atoms with Gasteiger partial charge in [0.1, 0.15) is 22.9 Å². The Morgan fingerprint density at radius 3 is 2.62 bits per heavy atom. The van der Waals surface area contributed by atoms with Crippen LogP contribution in [0.5, 0.6) is 0 Å². The van der Waals surface area contributed by atoms with Crippen LogP contribution in [0.4, 0.5) is 5.69 Å². The lowest BCUT2D eigenvalue weighted by molar-refractivity contribution is -0.155. The van der Waals surface area contributed by atoms with Gasteiger partial charge < -0.3 is 4.74 Å². The van der Waals surface area contributed by atoms with Gasteiger partial charge in [-0.3, -0.25) is 14.6 Å². The molecule has 1 unspecified atom stereocenters. The number of nitrogens with zero attached hydrogens (tertiary/aromatic N) is 1. The normalized spacial score (nSPS) is 12.6. The van der Waals surface area contributed by atoms with Crippen LogP contribution in [0.1, 0.15) is 33.6 Å². The summed E-state index contributed by atoms with van der Waals surface area (Å²) in [6, 6.07) is 3.74. The molecule has 1 aromatic rings. The van der Waals surface area contributed by atoms with Crippen molar-refractivity contribution in [3.8, 4) is 0 Å². The number of pyridine rings is 1. The molecule has 5 nitrogen and oxygen atoms in total. The first kappa shape index (κ1) is 17.5. The topological polar surface area (TPSA) is 68.3 Å². The van der Waals surface area contributed by atoms with E-state index in [2.05, 4.69) is 9.71 Å². The second-order valence-electron chi connectivity index (χ2n) is 5.75. The van der Waals surface area contributed by atoms with E-state index in [1.165, 1.54) is 0 Å². The van der Waals surface area contributed by atoms with E-state index >= 15 is 0 Å². The maximum Gasteiger partial charge on any atom is 0.306 e. The first-order valence-corrected chi connectivity index (χ1v) is 8.59. The summed E-state index contributed by atoms with van der Waals surface area (Å²) in [4.78, 5) is 27.4. The molecular formula is C15H23N2O3S+. The summed E-state index contributed by atoms with van der Waals surface area (Å²) in [5.41, 5.74) is 0.389. The fraction of sp³-hybridized carbons (Fsp3) is 0.533. The minimum absolute atomic E-state index is 0.0584. The van der Waals surface area contributed by atoms with Gasteiger partial charge in [-0.25, -0.2) is 4.72 Å². The minimum Gasteiger partial charge on any atom is -0.460 e. The van der Waals surface area contributed by atoms with E-state index in [-0.39, 0.29) is 35.7 Å². The number of carbonyl (C=O) groups excluding carboxylic acids is 2. The van der Waals surface area contributed by atoms with E-state index in [0.29, 0.717) is 5.75 Å². The van der Waals surface area contributed by atoms with Gasteiger partial charge in [-0.2, -0.15) is 0 Å². The molecule has 21 heavy (non-hydrogen) atoms. The van der Waals surface area contributed by atoms with Gasteiger partial charge in [0.2, 0.25) is 0 Å². The molecule has 0 aromatic carbocycles. The number of ether oxygens (including phenoxy) is 1. The maximum absolute atomic E-state index is 11.9. The fourth-order valence-corrected chi connectivity index (χ4v) is 2.83. The van der Waals surface area contributed by atoms with Gasteiger partial charge in [0.05, 0.1) is 18.3 Å². The third-order valence-electron chi connectivity index (χ3n) is 2.36. The maximum atomic E-state index is 11.9. The number of Topliss-reactive ketones (excluding diaryl/α,β-unsaturated/α-hetero) is 1. The summed E-state index contributed by atoms with van der Waals surface area (Å²) in [6.45, 7) is 5.44. The van der Waals surface area contributed by atoms with Gasteiger partial charge in [0.15, 0.2) is 11.5 Å². The van der Waals surface area contributed by atoms with Gasteiger partial charge in [-0.1, -0.05) is 0 Å². The monoisotopic (exact) mass is 311 g/mol. The lowest BCUT2D eigenvalue weighted by Crippen LogP contribution is -2.26. The quantitative estimate of drug-likeness (QED) is 0.618. The van der Waals surface area contributed by atoms with Crippen molar-refractivity contribution in [3.05, 3.63) is 24.5 Å². The zero-order valence-electron chi connectivity index (χ0n) is 13.0. The molecule has 0 radical (unpaired) electrons. The standard InChI is InChI=1S/C15H23N2O3S/c1-15(2,3)20-14(19)8-7-13(18)11-21(4)17-12-6-5-9-16-10-12/h5-6,9-10,17H,7-8,11H2,1-4H3/q+1. The van der Waals surface area contributed by atoms with Crippen LogP contribution in [0.15, 0.2) is 24.5 Å². The van der Waals surface area contributed by atoms with Crippen LogP contribution in [0, 0.1) is 0 Å². The molecule has 0 bridgehead atoms. The first-order chi connectivity index (χ1) is 9.76. The average Bonchev–Trinajstić information content (AvgIpc) is 2.35. The third kappa shape index (κ3) is 8.34. The van der Waals surface area contributed by atoms with E-state index in [9.17, 15) is 9.59 Å². The van der Waals surface area contributed by atoms with Crippen LogP contribution in [-0.4, -0.2) is 34.3 Å². The number of hydrogen-bond donors (Lipinski definition) is 1. The molecule has 1 rings (SSSR count). The molecule has 1 atom stereocenters. The SMILES string of the molecule is C[S+](CC(=O)CCC(=O)OC(C)(C)C)Nc1cccnc1. The zero-order chi connectivity index (χ0) is 15.9. The molecule has 0 aliphatic carbocycles. The zero-order valence-corrected chi connectivity index (χ0v) is 13.8. The van der Waals surface area contributed by atoms with Gasteiger partial charge in [0, 0.05) is 12.6 Å². The van der Waals surface area contributed by atoms with E-state index in [1.807, 2.05) is 39.2 Å². The molecule has 0 aliphatic rings. The molecule has 0 fully saturated rings. The van der Waals surface area contributed by atoms with Crippen LogP contribution in [0.2, 0.25) is 0 Å². The summed E-state index contributed by atoms with van der Waals surface area (Å²) in [5, 5.41) is 0. The van der Waals surface area contributed by atoms with Crippen molar-refractivity contribution in [2.75, 3.05) is 16.7 Å². The molecule has 6 heteroatoms. The number of ketones is 1. The van der Waals surface area contributed by atoms with Gasteiger partial charge in [-0.05, 0) is 32.9 Å². The fourth-order valence-electron chi connectivity index (χ4n) is 1.61. The summed E-state index contributed by atoms with van der Waals surface area (Å²) >= 11 is -0.276. The summed E-state index contributed by atoms with van der Waals surface area (Å²) in [5.74, 6) is 0.132. The highest BCUT2D eigenvalue weighted by molar-refractivity contribution is 7.98. The van der Waals surface area contributed by atoms with E-state index < -0.39 is 5.60 Å². The number of hydrogen-bond acceptors (Lipinski definition) is 5. The molecule has 0 amide bonds. The Hall–Kier alpha value is -1.56. The summed E-state index contributed by atoms with van der Waals surface area (Å²) < 4.78 is 8.40. The van der Waals surface area contributed by atoms with E-state index in [1.54, 1.807) is 12.4 Å². The number of nitrogens with one attached hydrogen (secondary N) is 1. The number of anilines is 1. The predicted octanol–water partition coefficient (Wildman–Crippen LogP) is 2.35. The first-order valence-electron chi connectivity index (χ1n) is 6.79. The van der Waals surface area contributed by atoms with Crippen LogP contribution < -0.4 is 4.72 Å². The predicted molar refractivity (Wildman–Crippen MR) is 86.1 cm³/mol. The van der Waals surface area contributed by atoms with Crippen molar-refractivity contribution in [2.45, 2.75) is 39.2 Å². The summed E-state index contributed by atoms with van der Waals surface area (Å²) in [6.07, 6.45) is 5.74. The number of rotatable bonds is 7. The van der Waals surface area contributed by atoms with Crippen molar-refractivity contribution >= 4 is 28.5 Å². The van der Waals surface area contributed by atoms with Crippen molar-refractivity contribution in [1.82, 2.24) is 4.98 Å². The molecule has 0 spiro atoms. The molecule has 0 aliphatic heterocycles. The second kappa shape index (κ2) is 8.02. The van der Waals surface area contributed by atoms with E-state index in [4.69, 9.17) is 4.74 Å². The van der Waals surface area contributed by atoms with Gasteiger partial charge in [-0.15, -0.1) is 0 Å². The highest BCUT2D eigenvalue weighted by Crippen LogP contribution is 2.10. The van der Waals surface area contributed by atoms with Crippen molar-refractivity contribution in [1.29, 1.82) is 0 Å². The molecule has 116 valence electrons. The van der Waals surface area contributed by atoms with Crippen LogP contribution in [0.25, 0.3) is 0 Å². The molecule has 1 aromatic heterocycles. The van der Waals surface area contributed by atoms with Crippen molar-refractivity contribution in [3.63, 3.8) is 0 Å². The number of aromatic nitrogens is 1. The van der Waals surface area contributed by atoms with E-state index in [0.717, 1.165) is 5.69 Å². The highest BCUT2D eigenvalue weighted by atomic mass is 32.2. The second-order valence-corrected chi connectivity index (χ2v) is 7.52. The molecular weight excluding hydrogens is 288 g/mol. The van der Waals surface area contributed by atoms with Gasteiger partial charge >= 0.3 is 5.97 Å². The lowest BCUT2D eigenvalue weighted by atomic mass is 10.2. The van der Waals surface area contributed by atoms with Crippen molar-refractivity contribution in [2.24, 2.45) is 0 Å². The van der Waals surface area contributed by atoms with Crippen LogP contribution in [-0.2, 0) is 25.4 Å². The highest BCUT2D eigenvalue weighted by Gasteiger charge is 2.21. The number of carbonyl (C=O) groups is 2. The van der Waals surface area contributed by atoms with Gasteiger partial charge in [0.25, 0.3) is 0 Å². The lowest BCUT2D eigenvalue weighted by Gasteiger charge is -2.19.